The van der Waals surface area contributed by atoms with Gasteiger partial charge in [0.2, 0.25) is 5.69 Å². The Morgan fingerprint density at radius 2 is 1.14 bits per heavy atom. The van der Waals surface area contributed by atoms with Crippen molar-refractivity contribution in [3.8, 4) is 0 Å². The van der Waals surface area contributed by atoms with Crippen LogP contribution in [-0.4, -0.2) is 17.0 Å². The molecule has 0 bridgehead atoms. The molecule has 0 amide bonds. The van der Waals surface area contributed by atoms with Gasteiger partial charge in [-0.05, 0) is 91.4 Å². The molecule has 5 aromatic carbocycles. The number of rotatable bonds is 4. The fourth-order valence-electron chi connectivity index (χ4n) is 10.7. The first-order valence-electron chi connectivity index (χ1n) is 19.2. The summed E-state index contributed by atoms with van der Waals surface area (Å²) in [6.45, 7) is 0.149. The third-order valence-corrected chi connectivity index (χ3v) is 12.5. The van der Waals surface area contributed by atoms with Gasteiger partial charge in [0.05, 0.1) is 11.6 Å². The topological polar surface area (TPSA) is 9.49 Å². The normalized spacial score (nSPS) is 21.8. The highest BCUT2D eigenvalue weighted by molar-refractivity contribution is 6.90. The van der Waals surface area contributed by atoms with Gasteiger partial charge in [0.1, 0.15) is 0 Å². The molecule has 5 aromatic rings. The minimum absolute atomic E-state index is 0.149. The first kappa shape index (κ1) is 29.4. The molecule has 4 heteroatoms. The largest absolute Gasteiger partial charge is 0.335 e. The van der Waals surface area contributed by atoms with E-state index in [4.69, 9.17) is 0 Å². The first-order chi connectivity index (χ1) is 25.4. The zero-order chi connectivity index (χ0) is 33.5. The van der Waals surface area contributed by atoms with Gasteiger partial charge in [-0.25, -0.2) is 0 Å². The second-order valence-corrected chi connectivity index (χ2v) is 15.1. The number of hydrogen-bond donors (Lipinski definition) is 0. The molecule has 3 aliphatic heterocycles. The number of nitrogens with zero attached hydrogens (tertiary/aromatic N) is 3. The van der Waals surface area contributed by atoms with Crippen LogP contribution in [0.15, 0.2) is 173 Å². The standard InChI is InChI=1S/C47H41BN3/c1-5-18-32(19-6-1)42-36-26-13-14-27-37(36)43-46(42)50(34-22-9-3-10-23-34)41-31-17-30-40-44(41)48(43)47-45(49(40)33-20-7-2-8-21-33)38-28-15-16-29-39(38)51(47)35-24-11-4-12-25-35/h1-12,17-25,30-31,38,42H,13-16,26-29H2/q+1. The van der Waals surface area contributed by atoms with Crippen molar-refractivity contribution in [2.24, 2.45) is 5.92 Å². The van der Waals surface area contributed by atoms with Crippen molar-refractivity contribution < 1.29 is 4.58 Å². The molecule has 1 fully saturated rings. The molecule has 0 saturated heterocycles. The highest BCUT2D eigenvalue weighted by Gasteiger charge is 2.59. The molecule has 0 N–H and O–H groups in total. The summed E-state index contributed by atoms with van der Waals surface area (Å²) < 4.78 is 2.77. The van der Waals surface area contributed by atoms with Crippen molar-refractivity contribution in [1.82, 2.24) is 0 Å². The molecule has 3 heterocycles. The number of para-hydroxylation sites is 3. The molecule has 0 aromatic heterocycles. The third-order valence-electron chi connectivity index (χ3n) is 12.5. The van der Waals surface area contributed by atoms with Crippen LogP contribution in [0.2, 0.25) is 0 Å². The van der Waals surface area contributed by atoms with Crippen LogP contribution >= 0.6 is 0 Å². The van der Waals surface area contributed by atoms with Crippen LogP contribution in [0.4, 0.5) is 28.4 Å². The van der Waals surface area contributed by atoms with E-state index in [2.05, 4.69) is 154 Å². The number of fused-ring (bicyclic) bond motifs is 5. The van der Waals surface area contributed by atoms with Crippen LogP contribution in [0.25, 0.3) is 0 Å². The molecule has 11 rings (SSSR count). The van der Waals surface area contributed by atoms with Crippen LogP contribution < -0.4 is 15.3 Å². The van der Waals surface area contributed by atoms with Crippen molar-refractivity contribution in [2.45, 2.75) is 57.3 Å². The van der Waals surface area contributed by atoms with Gasteiger partial charge >= 0.3 is 6.71 Å². The van der Waals surface area contributed by atoms with Gasteiger partial charge in [-0.2, -0.15) is 4.58 Å². The zero-order valence-electron chi connectivity index (χ0n) is 29.0. The molecule has 0 radical (unpaired) electrons. The summed E-state index contributed by atoms with van der Waals surface area (Å²) in [6.07, 6.45) is 9.73. The molecule has 3 nitrogen and oxygen atoms in total. The summed E-state index contributed by atoms with van der Waals surface area (Å²) in [7, 11) is 0. The maximum atomic E-state index is 2.77. The predicted octanol–water partition coefficient (Wildman–Crippen LogP) is 10.9. The average molecular weight is 659 g/mol. The van der Waals surface area contributed by atoms with Gasteiger partial charge in [0.15, 0.2) is 11.3 Å². The average Bonchev–Trinajstić information content (AvgIpc) is 3.73. The highest BCUT2D eigenvalue weighted by atomic mass is 15.2. The Balaban J connectivity index is 1.29. The smallest absolute Gasteiger partial charge is 0.314 e. The molecule has 2 atom stereocenters. The van der Waals surface area contributed by atoms with E-state index < -0.39 is 0 Å². The maximum absolute atomic E-state index is 2.77. The lowest BCUT2D eigenvalue weighted by Gasteiger charge is -2.44. The van der Waals surface area contributed by atoms with Crippen LogP contribution in [0.3, 0.4) is 0 Å². The predicted molar refractivity (Wildman–Crippen MR) is 211 cm³/mol. The van der Waals surface area contributed by atoms with Crippen molar-refractivity contribution in [1.29, 1.82) is 0 Å². The molecule has 246 valence electrons. The summed E-state index contributed by atoms with van der Waals surface area (Å²) in [5.41, 5.74) is 20.3. The van der Waals surface area contributed by atoms with Gasteiger partial charge in [-0.15, -0.1) is 0 Å². The van der Waals surface area contributed by atoms with Crippen LogP contribution in [0, 0.1) is 5.92 Å². The lowest BCUT2D eigenvalue weighted by atomic mass is 9.33. The SMILES string of the molecule is c1ccc(C2C3=C(CCCC3)C3=C2N(c2ccccc2)c2cccc4c2B3C2=C(C3CCCCC3=[N+]2c2ccccc2)N4c2ccccc2)cc1. The van der Waals surface area contributed by atoms with Crippen molar-refractivity contribution in [3.05, 3.63) is 179 Å². The summed E-state index contributed by atoms with van der Waals surface area (Å²) in [4.78, 5) is 5.36. The van der Waals surface area contributed by atoms with Gasteiger partial charge in [0.25, 0.3) is 0 Å². The number of benzene rings is 5. The minimum atomic E-state index is 0.149. The summed E-state index contributed by atoms with van der Waals surface area (Å²) in [6, 6.07) is 52.4. The Labute approximate surface area is 301 Å². The van der Waals surface area contributed by atoms with Gasteiger partial charge in [0, 0.05) is 52.9 Å². The number of allylic oxidation sites excluding steroid dienone is 4. The lowest BCUT2D eigenvalue weighted by Crippen LogP contribution is -2.52. The summed E-state index contributed by atoms with van der Waals surface area (Å²) in [5.74, 6) is 0.638. The highest BCUT2D eigenvalue weighted by Crippen LogP contribution is 2.59. The quantitative estimate of drug-likeness (QED) is 0.140. The van der Waals surface area contributed by atoms with E-state index in [0.29, 0.717) is 5.92 Å². The Hall–Kier alpha value is -5.35. The van der Waals surface area contributed by atoms with Crippen LogP contribution in [-0.2, 0) is 0 Å². The molecule has 6 aliphatic rings. The second-order valence-electron chi connectivity index (χ2n) is 15.1. The molecular formula is C47H41BN3+. The van der Waals surface area contributed by atoms with Crippen LogP contribution in [0.1, 0.15) is 62.8 Å². The van der Waals surface area contributed by atoms with Gasteiger partial charge in [-0.3, -0.25) is 0 Å². The molecule has 1 saturated carbocycles. The van der Waals surface area contributed by atoms with Gasteiger partial charge in [-0.1, -0.05) is 109 Å². The second kappa shape index (κ2) is 11.6. The number of hydrogen-bond acceptors (Lipinski definition) is 2. The molecule has 0 spiro atoms. The first-order valence-corrected chi connectivity index (χ1v) is 19.2. The maximum Gasteiger partial charge on any atom is 0.335 e. The molecular weight excluding hydrogens is 617 g/mol. The monoisotopic (exact) mass is 658 g/mol. The minimum Gasteiger partial charge on any atom is -0.314 e. The Bertz CT molecular complexity index is 2320. The zero-order valence-corrected chi connectivity index (χ0v) is 29.0. The van der Waals surface area contributed by atoms with Crippen molar-refractivity contribution in [3.63, 3.8) is 0 Å². The fraction of sp³-hybridized carbons (Fsp3) is 0.213. The van der Waals surface area contributed by atoms with Crippen molar-refractivity contribution in [2.75, 3.05) is 9.80 Å². The van der Waals surface area contributed by atoms with Gasteiger partial charge < -0.3 is 9.80 Å². The molecule has 51 heavy (non-hydrogen) atoms. The van der Waals surface area contributed by atoms with E-state index >= 15 is 0 Å². The van der Waals surface area contributed by atoms with E-state index in [1.54, 1.807) is 22.3 Å². The fourth-order valence-corrected chi connectivity index (χ4v) is 10.7. The molecule has 3 aliphatic carbocycles. The lowest BCUT2D eigenvalue weighted by molar-refractivity contribution is -0.371. The Kier molecular flexibility index (Phi) is 6.68. The van der Waals surface area contributed by atoms with E-state index in [-0.39, 0.29) is 12.6 Å². The van der Waals surface area contributed by atoms with E-state index in [9.17, 15) is 0 Å². The third kappa shape index (κ3) is 4.23. The summed E-state index contributed by atoms with van der Waals surface area (Å²) in [5, 5.41) is 0. The number of anilines is 4. The van der Waals surface area contributed by atoms with E-state index in [1.807, 2.05) is 0 Å². The summed E-state index contributed by atoms with van der Waals surface area (Å²) >= 11 is 0. The molecule has 2 unspecified atom stereocenters. The van der Waals surface area contributed by atoms with E-state index in [0.717, 1.165) is 12.8 Å². The Morgan fingerprint density at radius 1 is 0.549 bits per heavy atom. The van der Waals surface area contributed by atoms with Crippen LogP contribution in [0.5, 0.6) is 0 Å². The van der Waals surface area contributed by atoms with Crippen molar-refractivity contribution >= 4 is 46.3 Å². The Morgan fingerprint density at radius 3 is 1.82 bits per heavy atom. The van der Waals surface area contributed by atoms with E-state index in [1.165, 1.54) is 95.0 Å².